The molecule has 4 aromatic rings. The molecule has 5 heteroatoms. The third-order valence-electron chi connectivity index (χ3n) is 4.95. The zero-order valence-corrected chi connectivity index (χ0v) is 16.5. The quantitative estimate of drug-likeness (QED) is 0.394. The molecule has 4 rings (SSSR count). The van der Waals surface area contributed by atoms with Gasteiger partial charge in [-0.2, -0.15) is 13.2 Å². The lowest BCUT2D eigenvalue weighted by Gasteiger charge is -2.10. The average Bonchev–Trinajstić information content (AvgIpc) is 2.75. The van der Waals surface area contributed by atoms with Gasteiger partial charge in [-0.15, -0.1) is 0 Å². The standard InChI is InChI=1S/C26H18F3NO/c27-26(28,29)24-13-10-21(11-14-24)17-30-18-23-15-20(9-12-22(23)16-25(30)31)8-4-7-19-5-2-1-3-6-19/h1-3,5-6,9-16,18H,7,17H2. The molecule has 0 saturated carbocycles. The number of aromatic nitrogens is 1. The fourth-order valence-corrected chi connectivity index (χ4v) is 3.31. The first kappa shape index (κ1) is 20.5. The number of hydrogen-bond acceptors (Lipinski definition) is 1. The smallest absolute Gasteiger partial charge is 0.310 e. The highest BCUT2D eigenvalue weighted by Crippen LogP contribution is 2.29. The summed E-state index contributed by atoms with van der Waals surface area (Å²) in [7, 11) is 0. The predicted octanol–water partition coefficient (Wildman–Crippen LogP) is 5.66. The van der Waals surface area contributed by atoms with Gasteiger partial charge in [0.25, 0.3) is 5.56 Å². The maximum atomic E-state index is 12.7. The van der Waals surface area contributed by atoms with Crippen LogP contribution in [0.1, 0.15) is 22.3 Å². The normalized spacial score (nSPS) is 11.2. The molecule has 0 saturated heterocycles. The Labute approximate surface area is 177 Å². The minimum atomic E-state index is -4.38. The van der Waals surface area contributed by atoms with Gasteiger partial charge in [0.05, 0.1) is 12.1 Å². The lowest BCUT2D eigenvalue weighted by Crippen LogP contribution is -2.19. The molecule has 0 spiro atoms. The van der Waals surface area contributed by atoms with Crippen LogP contribution >= 0.6 is 0 Å². The van der Waals surface area contributed by atoms with Crippen LogP contribution in [0.3, 0.4) is 0 Å². The van der Waals surface area contributed by atoms with Gasteiger partial charge in [0.1, 0.15) is 0 Å². The Morgan fingerprint density at radius 3 is 2.26 bits per heavy atom. The van der Waals surface area contributed by atoms with Crippen molar-refractivity contribution in [3.8, 4) is 11.8 Å². The summed E-state index contributed by atoms with van der Waals surface area (Å²) in [4.78, 5) is 12.4. The van der Waals surface area contributed by atoms with Gasteiger partial charge in [-0.25, -0.2) is 0 Å². The molecule has 1 aromatic heterocycles. The highest BCUT2D eigenvalue weighted by molar-refractivity contribution is 5.83. The minimum absolute atomic E-state index is 0.191. The Morgan fingerprint density at radius 1 is 0.806 bits per heavy atom. The second kappa shape index (κ2) is 8.53. The van der Waals surface area contributed by atoms with Crippen LogP contribution < -0.4 is 5.56 Å². The molecule has 0 bridgehead atoms. The summed E-state index contributed by atoms with van der Waals surface area (Å²) in [6, 6.07) is 22.0. The van der Waals surface area contributed by atoms with Gasteiger partial charge in [-0.05, 0) is 46.2 Å². The summed E-state index contributed by atoms with van der Waals surface area (Å²) >= 11 is 0. The number of halogens is 3. The molecule has 0 N–H and O–H groups in total. The van der Waals surface area contributed by atoms with E-state index in [9.17, 15) is 18.0 Å². The molecule has 1 heterocycles. The van der Waals surface area contributed by atoms with Crippen LogP contribution in [0.15, 0.2) is 89.9 Å². The van der Waals surface area contributed by atoms with Crippen molar-refractivity contribution in [2.75, 3.05) is 0 Å². The van der Waals surface area contributed by atoms with E-state index in [4.69, 9.17) is 0 Å². The SMILES string of the molecule is O=c1cc2ccc(C#CCc3ccccc3)cc2cn1Cc1ccc(C(F)(F)F)cc1. The Kier molecular flexibility index (Phi) is 5.64. The van der Waals surface area contributed by atoms with E-state index >= 15 is 0 Å². The second-order valence-electron chi connectivity index (χ2n) is 7.24. The Hall–Kier alpha value is -3.78. The maximum Gasteiger partial charge on any atom is 0.416 e. The van der Waals surface area contributed by atoms with E-state index in [1.54, 1.807) is 6.20 Å². The number of fused-ring (bicyclic) bond motifs is 1. The van der Waals surface area contributed by atoms with Crippen molar-refractivity contribution in [3.63, 3.8) is 0 Å². The van der Waals surface area contributed by atoms with Crippen LogP contribution in [-0.2, 0) is 19.1 Å². The van der Waals surface area contributed by atoms with Crippen LogP contribution in [0.2, 0.25) is 0 Å². The molecule has 0 aliphatic heterocycles. The molecule has 0 radical (unpaired) electrons. The molecule has 0 amide bonds. The van der Waals surface area contributed by atoms with Crippen LogP contribution in [0.5, 0.6) is 0 Å². The van der Waals surface area contributed by atoms with E-state index in [-0.39, 0.29) is 12.1 Å². The van der Waals surface area contributed by atoms with Gasteiger partial charge >= 0.3 is 6.18 Å². The molecular weight excluding hydrogens is 399 g/mol. The third-order valence-corrected chi connectivity index (χ3v) is 4.95. The zero-order valence-electron chi connectivity index (χ0n) is 16.5. The van der Waals surface area contributed by atoms with Crippen molar-refractivity contribution in [3.05, 3.63) is 118 Å². The summed E-state index contributed by atoms with van der Waals surface area (Å²) in [5.74, 6) is 6.30. The summed E-state index contributed by atoms with van der Waals surface area (Å²) in [6.07, 6.45) is -2.01. The van der Waals surface area contributed by atoms with Crippen molar-refractivity contribution >= 4 is 10.8 Å². The van der Waals surface area contributed by atoms with Gasteiger partial charge in [0.15, 0.2) is 0 Å². The van der Waals surface area contributed by atoms with Crippen LogP contribution in [0.25, 0.3) is 10.8 Å². The number of nitrogens with zero attached hydrogens (tertiary/aromatic N) is 1. The number of rotatable bonds is 3. The fourth-order valence-electron chi connectivity index (χ4n) is 3.31. The monoisotopic (exact) mass is 417 g/mol. The first-order valence-corrected chi connectivity index (χ1v) is 9.72. The van der Waals surface area contributed by atoms with Gasteiger partial charge in [-0.1, -0.05) is 60.4 Å². The van der Waals surface area contributed by atoms with Crippen LogP contribution in [-0.4, -0.2) is 4.57 Å². The van der Waals surface area contributed by atoms with Crippen molar-refractivity contribution in [1.82, 2.24) is 4.57 Å². The van der Waals surface area contributed by atoms with E-state index in [0.717, 1.165) is 34.0 Å². The Morgan fingerprint density at radius 2 is 1.55 bits per heavy atom. The molecule has 2 nitrogen and oxygen atoms in total. The average molecular weight is 417 g/mol. The third kappa shape index (κ3) is 5.04. The lowest BCUT2D eigenvalue weighted by atomic mass is 10.1. The van der Waals surface area contributed by atoms with Gasteiger partial charge in [0, 0.05) is 24.2 Å². The van der Waals surface area contributed by atoms with Crippen molar-refractivity contribution < 1.29 is 13.2 Å². The zero-order chi connectivity index (χ0) is 21.8. The van der Waals surface area contributed by atoms with Crippen molar-refractivity contribution in [2.45, 2.75) is 19.1 Å². The number of hydrogen-bond donors (Lipinski definition) is 0. The molecule has 3 aromatic carbocycles. The molecular formula is C26H18F3NO. The molecule has 0 aliphatic rings. The van der Waals surface area contributed by atoms with Crippen LogP contribution in [0, 0.1) is 11.8 Å². The largest absolute Gasteiger partial charge is 0.416 e. The van der Waals surface area contributed by atoms with Gasteiger partial charge in [0.2, 0.25) is 0 Å². The first-order chi connectivity index (χ1) is 14.9. The summed E-state index contributed by atoms with van der Waals surface area (Å²) in [5, 5.41) is 1.64. The van der Waals surface area contributed by atoms with Gasteiger partial charge < -0.3 is 4.57 Å². The second-order valence-corrected chi connectivity index (χ2v) is 7.24. The maximum absolute atomic E-state index is 12.7. The van der Waals surface area contributed by atoms with E-state index in [1.165, 1.54) is 22.8 Å². The topological polar surface area (TPSA) is 22.0 Å². The predicted molar refractivity (Wildman–Crippen MR) is 116 cm³/mol. The molecule has 0 atom stereocenters. The van der Waals surface area contributed by atoms with Crippen molar-refractivity contribution in [1.29, 1.82) is 0 Å². The van der Waals surface area contributed by atoms with E-state index < -0.39 is 11.7 Å². The number of pyridine rings is 1. The number of alkyl halides is 3. The van der Waals surface area contributed by atoms with Crippen molar-refractivity contribution in [2.24, 2.45) is 0 Å². The lowest BCUT2D eigenvalue weighted by molar-refractivity contribution is -0.137. The van der Waals surface area contributed by atoms with Crippen LogP contribution in [0.4, 0.5) is 13.2 Å². The first-order valence-electron chi connectivity index (χ1n) is 9.72. The summed E-state index contributed by atoms with van der Waals surface area (Å²) in [6.45, 7) is 0.191. The highest BCUT2D eigenvalue weighted by atomic mass is 19.4. The Balaban J connectivity index is 1.57. The minimum Gasteiger partial charge on any atom is -0.310 e. The van der Waals surface area contributed by atoms with Gasteiger partial charge in [-0.3, -0.25) is 4.79 Å². The van der Waals surface area contributed by atoms with E-state index in [1.807, 2.05) is 48.5 Å². The summed E-state index contributed by atoms with van der Waals surface area (Å²) < 4.78 is 39.7. The van der Waals surface area contributed by atoms with E-state index in [2.05, 4.69) is 11.8 Å². The fraction of sp³-hybridized carbons (Fsp3) is 0.115. The molecule has 0 unspecified atom stereocenters. The highest BCUT2D eigenvalue weighted by Gasteiger charge is 2.29. The molecule has 0 fully saturated rings. The molecule has 0 aliphatic carbocycles. The molecule has 154 valence electrons. The number of benzene rings is 3. The van der Waals surface area contributed by atoms with E-state index in [0.29, 0.717) is 12.0 Å². The summed E-state index contributed by atoms with van der Waals surface area (Å²) in [5.41, 5.74) is 1.67. The Bertz CT molecular complexity index is 1330. The molecule has 31 heavy (non-hydrogen) atoms.